The van der Waals surface area contributed by atoms with E-state index in [-0.39, 0.29) is 5.92 Å². The van der Waals surface area contributed by atoms with E-state index in [9.17, 15) is 21.6 Å². The Kier molecular flexibility index (Phi) is 7.79. The summed E-state index contributed by atoms with van der Waals surface area (Å²) in [6.45, 7) is 6.69. The molecule has 2 heterocycles. The average molecular weight is 548 g/mol. The highest BCUT2D eigenvalue weighted by atomic mass is 32.2. The molecule has 0 fully saturated rings. The minimum atomic E-state index is -4.62. The predicted octanol–water partition coefficient (Wildman–Crippen LogP) is 6.43. The van der Waals surface area contributed by atoms with Gasteiger partial charge in [0.25, 0.3) is 10.0 Å². The Morgan fingerprint density at radius 2 is 1.76 bits per heavy atom. The monoisotopic (exact) mass is 547 g/mol. The molecule has 0 unspecified atom stereocenters. The van der Waals surface area contributed by atoms with Gasteiger partial charge in [-0.1, -0.05) is 20.8 Å². The summed E-state index contributed by atoms with van der Waals surface area (Å²) in [6, 6.07) is 7.57. The number of anilines is 2. The predicted molar refractivity (Wildman–Crippen MR) is 139 cm³/mol. The largest absolute Gasteiger partial charge is 0.354 e. The summed E-state index contributed by atoms with van der Waals surface area (Å²) in [5, 5.41) is 3.94. The van der Waals surface area contributed by atoms with Crippen molar-refractivity contribution in [1.82, 2.24) is 15.0 Å². The molecule has 0 aliphatic carbocycles. The minimum absolute atomic E-state index is 0.0893. The molecule has 0 amide bonds. The first-order chi connectivity index (χ1) is 17.6. The summed E-state index contributed by atoms with van der Waals surface area (Å²) >= 11 is 1.42. The number of rotatable bonds is 9. The molecule has 37 heavy (non-hydrogen) atoms. The van der Waals surface area contributed by atoms with Crippen LogP contribution in [0, 0.1) is 17.5 Å². The number of sulfonamides is 1. The molecule has 7 nitrogen and oxygen atoms in total. The van der Waals surface area contributed by atoms with Gasteiger partial charge < -0.3 is 5.32 Å². The molecule has 0 spiro atoms. The van der Waals surface area contributed by atoms with Crippen molar-refractivity contribution in [2.75, 3.05) is 16.6 Å². The molecule has 2 N–H and O–H groups in total. The number of aromatic nitrogens is 3. The molecular weight excluding hydrogens is 523 g/mol. The lowest BCUT2D eigenvalue weighted by atomic mass is 10.1. The molecule has 0 bridgehead atoms. The zero-order chi connectivity index (χ0) is 26.7. The van der Waals surface area contributed by atoms with Crippen molar-refractivity contribution in [3.8, 4) is 21.8 Å². The molecule has 0 saturated heterocycles. The number of hydrogen-bond donors (Lipinski definition) is 2. The zero-order valence-corrected chi connectivity index (χ0v) is 21.9. The standard InChI is InChI=1S/C25H24F3N5O2S2/c1-4-10-29-25-30-11-9-19(31-25)23-22(32-24(36-23)14(2)3)15-5-7-17(27)20(12-15)33-37(34,35)21-13-16(26)6-8-18(21)28/h5-9,11-14,33H,4,10H2,1-3H3,(H,29,30,31). The van der Waals surface area contributed by atoms with Gasteiger partial charge in [0.2, 0.25) is 5.95 Å². The molecule has 0 atom stereocenters. The maximum absolute atomic E-state index is 14.7. The molecule has 2 aromatic heterocycles. The molecular formula is C25H24F3N5O2S2. The van der Waals surface area contributed by atoms with Crippen LogP contribution in [0.15, 0.2) is 53.6 Å². The summed E-state index contributed by atoms with van der Waals surface area (Å²) in [7, 11) is -4.62. The number of nitrogens with one attached hydrogen (secondary N) is 2. The van der Waals surface area contributed by atoms with Gasteiger partial charge in [0.1, 0.15) is 22.3 Å². The number of halogens is 3. The van der Waals surface area contributed by atoms with E-state index >= 15 is 0 Å². The molecule has 4 rings (SSSR count). The van der Waals surface area contributed by atoms with Crippen molar-refractivity contribution in [3.05, 3.63) is 71.1 Å². The first-order valence-electron chi connectivity index (χ1n) is 11.4. The lowest BCUT2D eigenvalue weighted by Gasteiger charge is -2.12. The van der Waals surface area contributed by atoms with Crippen LogP contribution in [0.5, 0.6) is 0 Å². The fourth-order valence-corrected chi connectivity index (χ4v) is 5.60. The van der Waals surface area contributed by atoms with Crippen LogP contribution in [-0.2, 0) is 10.0 Å². The topological polar surface area (TPSA) is 96.9 Å². The molecule has 0 aliphatic rings. The fourth-order valence-electron chi connectivity index (χ4n) is 3.39. The van der Waals surface area contributed by atoms with Gasteiger partial charge in [-0.05, 0) is 48.9 Å². The Hall–Kier alpha value is -3.51. The van der Waals surface area contributed by atoms with Crippen LogP contribution < -0.4 is 10.0 Å². The van der Waals surface area contributed by atoms with Gasteiger partial charge in [-0.2, -0.15) is 0 Å². The summed E-state index contributed by atoms with van der Waals surface area (Å²) in [5.74, 6) is -2.45. The van der Waals surface area contributed by atoms with Gasteiger partial charge in [0.15, 0.2) is 0 Å². The second-order valence-corrected chi connectivity index (χ2v) is 11.1. The van der Waals surface area contributed by atoms with Gasteiger partial charge in [-0.3, -0.25) is 4.72 Å². The van der Waals surface area contributed by atoms with Gasteiger partial charge >= 0.3 is 0 Å². The number of nitrogens with zero attached hydrogens (tertiary/aromatic N) is 3. The molecule has 0 radical (unpaired) electrons. The average Bonchev–Trinajstić information content (AvgIpc) is 3.31. The van der Waals surface area contributed by atoms with E-state index < -0.39 is 38.1 Å². The zero-order valence-electron chi connectivity index (χ0n) is 20.2. The molecule has 0 saturated carbocycles. The third kappa shape index (κ3) is 5.91. The molecule has 2 aromatic carbocycles. The summed E-state index contributed by atoms with van der Waals surface area (Å²) in [6.07, 6.45) is 2.52. The highest BCUT2D eigenvalue weighted by molar-refractivity contribution is 7.92. The highest BCUT2D eigenvalue weighted by Crippen LogP contribution is 2.39. The van der Waals surface area contributed by atoms with E-state index in [1.807, 2.05) is 25.5 Å². The minimum Gasteiger partial charge on any atom is -0.354 e. The Morgan fingerprint density at radius 3 is 2.49 bits per heavy atom. The van der Waals surface area contributed by atoms with Crippen LogP contribution in [0.2, 0.25) is 0 Å². The van der Waals surface area contributed by atoms with E-state index in [0.717, 1.165) is 23.6 Å². The van der Waals surface area contributed by atoms with Crippen molar-refractivity contribution in [2.45, 2.75) is 38.0 Å². The van der Waals surface area contributed by atoms with Crippen LogP contribution in [-0.4, -0.2) is 29.9 Å². The summed E-state index contributed by atoms with van der Waals surface area (Å²) in [5.41, 5.74) is 1.06. The van der Waals surface area contributed by atoms with Gasteiger partial charge in [-0.25, -0.2) is 36.5 Å². The van der Waals surface area contributed by atoms with E-state index in [1.54, 1.807) is 12.3 Å². The lowest BCUT2D eigenvalue weighted by molar-refractivity contribution is 0.555. The third-order valence-electron chi connectivity index (χ3n) is 5.23. The van der Waals surface area contributed by atoms with Crippen LogP contribution >= 0.6 is 11.3 Å². The fraction of sp³-hybridized carbons (Fsp3) is 0.240. The van der Waals surface area contributed by atoms with Crippen LogP contribution in [0.25, 0.3) is 21.8 Å². The number of hydrogen-bond acceptors (Lipinski definition) is 7. The van der Waals surface area contributed by atoms with Crippen molar-refractivity contribution >= 4 is 33.0 Å². The van der Waals surface area contributed by atoms with Crippen LogP contribution in [0.1, 0.15) is 38.1 Å². The van der Waals surface area contributed by atoms with Crippen molar-refractivity contribution < 1.29 is 21.6 Å². The number of thiazole rings is 1. The Bertz CT molecular complexity index is 1540. The van der Waals surface area contributed by atoms with Crippen molar-refractivity contribution in [1.29, 1.82) is 0 Å². The Balaban J connectivity index is 1.78. The maximum atomic E-state index is 14.7. The van der Waals surface area contributed by atoms with Gasteiger partial charge in [0.05, 0.1) is 27.0 Å². The normalized spacial score (nSPS) is 11.6. The molecule has 194 valence electrons. The van der Waals surface area contributed by atoms with Crippen LogP contribution in [0.4, 0.5) is 24.8 Å². The van der Waals surface area contributed by atoms with E-state index in [2.05, 4.69) is 15.3 Å². The second-order valence-electron chi connectivity index (χ2n) is 8.45. The van der Waals surface area contributed by atoms with E-state index in [0.29, 0.717) is 46.5 Å². The molecule has 0 aliphatic heterocycles. The maximum Gasteiger partial charge on any atom is 0.265 e. The van der Waals surface area contributed by atoms with Gasteiger partial charge in [-0.15, -0.1) is 11.3 Å². The van der Waals surface area contributed by atoms with Crippen molar-refractivity contribution in [2.24, 2.45) is 0 Å². The van der Waals surface area contributed by atoms with Gasteiger partial charge in [0, 0.05) is 24.2 Å². The third-order valence-corrected chi connectivity index (χ3v) is 7.98. The van der Waals surface area contributed by atoms with E-state index in [4.69, 9.17) is 4.98 Å². The molecule has 4 aromatic rings. The number of benzene rings is 2. The second kappa shape index (κ2) is 10.9. The quantitative estimate of drug-likeness (QED) is 0.251. The Morgan fingerprint density at radius 1 is 1.00 bits per heavy atom. The highest BCUT2D eigenvalue weighted by Gasteiger charge is 2.24. The van der Waals surface area contributed by atoms with Crippen LogP contribution in [0.3, 0.4) is 0 Å². The van der Waals surface area contributed by atoms with E-state index in [1.165, 1.54) is 23.5 Å². The summed E-state index contributed by atoms with van der Waals surface area (Å²) in [4.78, 5) is 13.3. The smallest absolute Gasteiger partial charge is 0.265 e. The molecule has 12 heteroatoms. The first kappa shape index (κ1) is 26.6. The van der Waals surface area contributed by atoms with Crippen molar-refractivity contribution in [3.63, 3.8) is 0 Å². The lowest BCUT2D eigenvalue weighted by Crippen LogP contribution is -2.16. The summed E-state index contributed by atoms with van der Waals surface area (Å²) < 4.78 is 70.0. The Labute approximate surface area is 216 Å². The first-order valence-corrected chi connectivity index (χ1v) is 13.7. The SMILES string of the molecule is CCCNc1nccc(-c2sc(C(C)C)nc2-c2ccc(F)c(NS(=O)(=O)c3cc(F)ccc3F)c2)n1.